The highest BCUT2D eigenvalue weighted by Gasteiger charge is 2.34. The minimum atomic E-state index is -4.63. The SMILES string of the molecule is N#Cc1ccc(C(F)(F)F)c(CCl)c1CC(=O)O. The molecule has 0 aromatic heterocycles. The van der Waals surface area contributed by atoms with Gasteiger partial charge < -0.3 is 5.11 Å². The highest BCUT2D eigenvalue weighted by Crippen LogP contribution is 2.35. The number of carboxylic acid groups (broad SMARTS) is 1. The second kappa shape index (κ2) is 5.27. The highest BCUT2D eigenvalue weighted by atomic mass is 35.5. The Morgan fingerprint density at radius 3 is 2.39 bits per heavy atom. The molecule has 0 heterocycles. The maximum absolute atomic E-state index is 12.7. The van der Waals surface area contributed by atoms with E-state index in [1.165, 1.54) is 0 Å². The Morgan fingerprint density at radius 2 is 2.00 bits per heavy atom. The Kier molecular flexibility index (Phi) is 4.19. The van der Waals surface area contributed by atoms with Crippen molar-refractivity contribution in [2.45, 2.75) is 18.5 Å². The van der Waals surface area contributed by atoms with E-state index in [4.69, 9.17) is 22.0 Å². The first-order valence-corrected chi connectivity index (χ1v) is 5.24. The standard InChI is InChI=1S/C11H7ClF3NO2/c12-4-8-7(3-10(17)18)6(5-16)1-2-9(8)11(13,14)15/h1-2H,3-4H2,(H,17,18). The number of carbonyl (C=O) groups is 1. The van der Waals surface area contributed by atoms with Gasteiger partial charge in [-0.1, -0.05) is 0 Å². The highest BCUT2D eigenvalue weighted by molar-refractivity contribution is 6.17. The van der Waals surface area contributed by atoms with Crippen LogP contribution < -0.4 is 0 Å². The number of nitrogens with zero attached hydrogens (tertiary/aromatic N) is 1. The van der Waals surface area contributed by atoms with Gasteiger partial charge in [-0.25, -0.2) is 0 Å². The fourth-order valence-corrected chi connectivity index (χ4v) is 1.87. The summed E-state index contributed by atoms with van der Waals surface area (Å²) in [7, 11) is 0. The molecule has 0 radical (unpaired) electrons. The van der Waals surface area contributed by atoms with Crippen molar-refractivity contribution < 1.29 is 23.1 Å². The largest absolute Gasteiger partial charge is 0.481 e. The monoisotopic (exact) mass is 277 g/mol. The Bertz CT molecular complexity index is 520. The molecule has 18 heavy (non-hydrogen) atoms. The smallest absolute Gasteiger partial charge is 0.416 e. The van der Waals surface area contributed by atoms with Crippen molar-refractivity contribution >= 4 is 17.6 Å². The summed E-state index contributed by atoms with van der Waals surface area (Å²) in [4.78, 5) is 10.6. The lowest BCUT2D eigenvalue weighted by Gasteiger charge is -2.15. The number of hydrogen-bond acceptors (Lipinski definition) is 2. The summed E-state index contributed by atoms with van der Waals surface area (Å²) in [5.74, 6) is -1.83. The fourth-order valence-electron chi connectivity index (χ4n) is 1.57. The third-order valence-corrected chi connectivity index (χ3v) is 2.59. The molecule has 0 spiro atoms. The molecule has 1 N–H and O–H groups in total. The van der Waals surface area contributed by atoms with Crippen molar-refractivity contribution in [2.24, 2.45) is 0 Å². The lowest BCUT2D eigenvalue weighted by atomic mass is 9.95. The first kappa shape index (κ1) is 14.3. The van der Waals surface area contributed by atoms with Crippen LogP contribution in [0.1, 0.15) is 22.3 Å². The Balaban J connectivity index is 3.53. The van der Waals surface area contributed by atoms with Crippen molar-refractivity contribution in [3.05, 3.63) is 34.4 Å². The summed E-state index contributed by atoms with van der Waals surface area (Å²) in [6.45, 7) is 0. The molecule has 0 saturated carbocycles. The molecule has 0 atom stereocenters. The Hall–Kier alpha value is -1.74. The number of carboxylic acids is 1. The van der Waals surface area contributed by atoms with Crippen LogP contribution in [0.2, 0.25) is 0 Å². The summed E-state index contributed by atoms with van der Waals surface area (Å²) in [5, 5.41) is 17.4. The van der Waals surface area contributed by atoms with Crippen molar-refractivity contribution in [2.75, 3.05) is 0 Å². The molecule has 7 heteroatoms. The molecule has 0 fully saturated rings. The van der Waals surface area contributed by atoms with E-state index in [0.717, 1.165) is 12.1 Å². The van der Waals surface area contributed by atoms with Crippen LogP contribution in [0, 0.1) is 11.3 Å². The Morgan fingerprint density at radius 1 is 1.39 bits per heavy atom. The predicted molar refractivity (Wildman–Crippen MR) is 57.1 cm³/mol. The molecular weight excluding hydrogens is 271 g/mol. The van der Waals surface area contributed by atoms with Crippen LogP contribution in [0.25, 0.3) is 0 Å². The van der Waals surface area contributed by atoms with E-state index in [0.29, 0.717) is 0 Å². The van der Waals surface area contributed by atoms with Crippen LogP contribution in [0.5, 0.6) is 0 Å². The van der Waals surface area contributed by atoms with Crippen LogP contribution in [0.3, 0.4) is 0 Å². The van der Waals surface area contributed by atoms with Crippen LogP contribution in [0.15, 0.2) is 12.1 Å². The molecule has 0 saturated heterocycles. The molecule has 0 aliphatic heterocycles. The predicted octanol–water partition coefficient (Wildman–Crippen LogP) is 2.94. The number of halogens is 4. The maximum Gasteiger partial charge on any atom is 0.416 e. The van der Waals surface area contributed by atoms with Gasteiger partial charge in [-0.3, -0.25) is 4.79 Å². The number of nitriles is 1. The van der Waals surface area contributed by atoms with Gasteiger partial charge in [0.05, 0.1) is 23.6 Å². The van der Waals surface area contributed by atoms with Crippen LogP contribution in [-0.4, -0.2) is 11.1 Å². The molecule has 0 aliphatic carbocycles. The maximum atomic E-state index is 12.7. The van der Waals surface area contributed by atoms with E-state index in [9.17, 15) is 18.0 Å². The summed E-state index contributed by atoms with van der Waals surface area (Å²) >= 11 is 5.45. The van der Waals surface area contributed by atoms with E-state index in [-0.39, 0.29) is 16.7 Å². The molecule has 3 nitrogen and oxygen atoms in total. The molecule has 0 aliphatic rings. The van der Waals surface area contributed by atoms with Crippen molar-refractivity contribution in [3.8, 4) is 6.07 Å². The van der Waals surface area contributed by atoms with Crippen molar-refractivity contribution in [1.29, 1.82) is 5.26 Å². The first-order valence-electron chi connectivity index (χ1n) is 4.71. The van der Waals surface area contributed by atoms with E-state index in [2.05, 4.69) is 0 Å². The van der Waals surface area contributed by atoms with Gasteiger partial charge in [0.2, 0.25) is 0 Å². The summed E-state index contributed by atoms with van der Waals surface area (Å²) < 4.78 is 38.1. The number of rotatable bonds is 3. The van der Waals surface area contributed by atoms with Gasteiger partial charge >= 0.3 is 12.1 Å². The normalized spacial score (nSPS) is 11.1. The molecule has 1 aromatic rings. The quantitative estimate of drug-likeness (QED) is 0.864. The summed E-state index contributed by atoms with van der Waals surface area (Å²) in [5.41, 5.74) is -1.66. The second-order valence-corrected chi connectivity index (χ2v) is 3.70. The van der Waals surface area contributed by atoms with E-state index in [1.807, 2.05) is 0 Å². The van der Waals surface area contributed by atoms with Crippen molar-refractivity contribution in [3.63, 3.8) is 0 Å². The summed E-state index contributed by atoms with van der Waals surface area (Å²) in [6, 6.07) is 3.36. The molecule has 0 unspecified atom stereocenters. The zero-order valence-electron chi connectivity index (χ0n) is 8.88. The Labute approximate surface area is 105 Å². The van der Waals surface area contributed by atoms with E-state index >= 15 is 0 Å². The molecular formula is C11H7ClF3NO2. The molecule has 1 rings (SSSR count). The van der Waals surface area contributed by atoms with E-state index < -0.39 is 30.0 Å². The van der Waals surface area contributed by atoms with Gasteiger partial charge in [-0.2, -0.15) is 18.4 Å². The zero-order chi connectivity index (χ0) is 13.9. The fraction of sp³-hybridized carbons (Fsp3) is 0.273. The summed E-state index contributed by atoms with van der Waals surface area (Å²) in [6.07, 6.45) is -5.31. The van der Waals surface area contributed by atoms with Crippen LogP contribution in [0.4, 0.5) is 13.2 Å². The van der Waals surface area contributed by atoms with Crippen LogP contribution in [-0.2, 0) is 23.3 Å². The van der Waals surface area contributed by atoms with Crippen molar-refractivity contribution in [1.82, 2.24) is 0 Å². The average molecular weight is 278 g/mol. The topological polar surface area (TPSA) is 61.1 Å². The third-order valence-electron chi connectivity index (χ3n) is 2.32. The molecule has 96 valence electrons. The number of benzene rings is 1. The minimum Gasteiger partial charge on any atom is -0.481 e. The van der Waals surface area contributed by atoms with Crippen LogP contribution >= 0.6 is 11.6 Å². The number of aliphatic carboxylic acids is 1. The van der Waals surface area contributed by atoms with Gasteiger partial charge in [-0.15, -0.1) is 11.6 Å². The lowest BCUT2D eigenvalue weighted by molar-refractivity contribution is -0.139. The van der Waals surface area contributed by atoms with Gasteiger partial charge in [0, 0.05) is 5.88 Å². The van der Waals surface area contributed by atoms with E-state index in [1.54, 1.807) is 6.07 Å². The number of alkyl halides is 4. The minimum absolute atomic E-state index is 0.110. The molecule has 0 amide bonds. The lowest BCUT2D eigenvalue weighted by Crippen LogP contribution is -2.14. The molecule has 1 aromatic carbocycles. The number of hydrogen-bond donors (Lipinski definition) is 1. The molecule has 0 bridgehead atoms. The first-order chi connectivity index (χ1) is 8.31. The zero-order valence-corrected chi connectivity index (χ0v) is 9.64. The van der Waals surface area contributed by atoms with Gasteiger partial charge in [0.25, 0.3) is 0 Å². The third kappa shape index (κ3) is 2.93. The second-order valence-electron chi connectivity index (χ2n) is 3.43. The van der Waals surface area contributed by atoms with Gasteiger partial charge in [0.1, 0.15) is 0 Å². The van der Waals surface area contributed by atoms with Gasteiger partial charge in [0.15, 0.2) is 0 Å². The van der Waals surface area contributed by atoms with Gasteiger partial charge in [-0.05, 0) is 23.3 Å². The average Bonchev–Trinajstić information content (AvgIpc) is 2.26.